The number of amides is 3. The summed E-state index contributed by atoms with van der Waals surface area (Å²) in [5.74, 6) is 0.0312. The Morgan fingerprint density at radius 3 is 2.11 bits per heavy atom. The molecule has 2 aliphatic carbocycles. The zero-order chi connectivity index (χ0) is 18.6. The molecule has 2 unspecified atom stereocenters. The molecule has 27 heavy (non-hydrogen) atoms. The Labute approximate surface area is 169 Å². The molecule has 3 amide bonds. The number of nitrogens with zero attached hydrogens (tertiary/aromatic N) is 1. The van der Waals surface area contributed by atoms with Crippen molar-refractivity contribution in [1.82, 2.24) is 15.5 Å². The molecule has 1 saturated heterocycles. The third-order valence-corrected chi connectivity index (χ3v) is 6.63. The van der Waals surface area contributed by atoms with Crippen LogP contribution < -0.4 is 16.4 Å². The van der Waals surface area contributed by atoms with Crippen molar-refractivity contribution in [1.29, 1.82) is 0 Å². The number of nitrogens with two attached hydrogens (primary N) is 1. The molecule has 4 N–H and O–H groups in total. The van der Waals surface area contributed by atoms with Crippen LogP contribution in [0.4, 0.5) is 4.79 Å². The molecule has 3 aliphatic rings. The summed E-state index contributed by atoms with van der Waals surface area (Å²) >= 11 is 0. The molecule has 1 heterocycles. The number of halogens is 1. The maximum atomic E-state index is 12.7. The van der Waals surface area contributed by atoms with Crippen molar-refractivity contribution in [3.05, 3.63) is 0 Å². The number of rotatable bonds is 3. The van der Waals surface area contributed by atoms with E-state index < -0.39 is 0 Å². The summed E-state index contributed by atoms with van der Waals surface area (Å²) in [5.41, 5.74) is 5.97. The van der Waals surface area contributed by atoms with E-state index in [4.69, 9.17) is 5.73 Å². The third kappa shape index (κ3) is 5.98. The highest BCUT2D eigenvalue weighted by molar-refractivity contribution is 5.85. The molecular formula is C20H37ClN4O2. The minimum atomic E-state index is -0.386. The van der Waals surface area contributed by atoms with Gasteiger partial charge in [-0.2, -0.15) is 0 Å². The van der Waals surface area contributed by atoms with E-state index in [1.807, 2.05) is 11.8 Å². The molecule has 0 aromatic rings. The first-order valence-electron chi connectivity index (χ1n) is 10.6. The average molecular weight is 401 g/mol. The van der Waals surface area contributed by atoms with Crippen molar-refractivity contribution in [3.8, 4) is 0 Å². The highest BCUT2D eigenvalue weighted by Gasteiger charge is 2.38. The van der Waals surface area contributed by atoms with E-state index in [2.05, 4.69) is 10.6 Å². The van der Waals surface area contributed by atoms with E-state index in [9.17, 15) is 9.59 Å². The Morgan fingerprint density at radius 1 is 0.889 bits per heavy atom. The van der Waals surface area contributed by atoms with Gasteiger partial charge in [0.15, 0.2) is 0 Å². The van der Waals surface area contributed by atoms with Gasteiger partial charge in [-0.1, -0.05) is 32.1 Å². The van der Waals surface area contributed by atoms with E-state index >= 15 is 0 Å². The maximum absolute atomic E-state index is 12.7. The summed E-state index contributed by atoms with van der Waals surface area (Å²) in [6.07, 6.45) is 11.6. The highest BCUT2D eigenvalue weighted by Crippen LogP contribution is 2.32. The first-order valence-corrected chi connectivity index (χ1v) is 10.6. The fourth-order valence-electron chi connectivity index (χ4n) is 4.83. The molecule has 0 radical (unpaired) electrons. The number of likely N-dealkylation sites (tertiary alicyclic amines) is 1. The summed E-state index contributed by atoms with van der Waals surface area (Å²) < 4.78 is 0. The van der Waals surface area contributed by atoms with Crippen molar-refractivity contribution >= 4 is 24.3 Å². The normalized spacial score (nSPS) is 30.3. The van der Waals surface area contributed by atoms with E-state index in [0.29, 0.717) is 19.1 Å². The minimum absolute atomic E-state index is 0. The monoisotopic (exact) mass is 400 g/mol. The quantitative estimate of drug-likeness (QED) is 0.680. The van der Waals surface area contributed by atoms with Gasteiger partial charge in [-0.15, -0.1) is 12.4 Å². The molecule has 1 aliphatic heterocycles. The molecule has 0 spiro atoms. The van der Waals surface area contributed by atoms with Crippen LogP contribution in [0.2, 0.25) is 0 Å². The Balaban J connectivity index is 0.00000261. The summed E-state index contributed by atoms with van der Waals surface area (Å²) in [4.78, 5) is 27.0. The third-order valence-electron chi connectivity index (χ3n) is 6.63. The molecule has 3 rings (SSSR count). The van der Waals surface area contributed by atoms with Crippen molar-refractivity contribution in [2.45, 2.75) is 95.2 Å². The standard InChI is InChI=1S/C20H36N4O2.ClH/c1-20(21)12-6-5-9-17(20)18(25)22-16-10-13-24(14-11-16)19(26)23-15-7-3-2-4-8-15;/h15-17H,2-14,21H2,1H3,(H,22,25)(H,23,26);1H. The van der Waals surface area contributed by atoms with Crippen LogP contribution in [-0.4, -0.2) is 47.6 Å². The number of carbonyl (C=O) groups is 2. The van der Waals surface area contributed by atoms with Crippen LogP contribution in [0.3, 0.4) is 0 Å². The highest BCUT2D eigenvalue weighted by atomic mass is 35.5. The predicted octanol–water partition coefficient (Wildman–Crippen LogP) is 2.94. The van der Waals surface area contributed by atoms with Gasteiger partial charge in [0.25, 0.3) is 0 Å². The lowest BCUT2D eigenvalue weighted by Crippen LogP contribution is -2.56. The van der Waals surface area contributed by atoms with Crippen molar-refractivity contribution in [2.24, 2.45) is 11.7 Å². The Hall–Kier alpha value is -1.01. The summed E-state index contributed by atoms with van der Waals surface area (Å²) in [7, 11) is 0. The molecule has 0 bridgehead atoms. The fraction of sp³-hybridized carbons (Fsp3) is 0.900. The second-order valence-corrected chi connectivity index (χ2v) is 8.86. The molecule has 0 aromatic carbocycles. The van der Waals surface area contributed by atoms with E-state index in [0.717, 1.165) is 51.4 Å². The average Bonchev–Trinajstić information content (AvgIpc) is 2.62. The van der Waals surface area contributed by atoms with Gasteiger partial charge < -0.3 is 21.3 Å². The predicted molar refractivity (Wildman–Crippen MR) is 110 cm³/mol. The second kappa shape index (κ2) is 9.97. The van der Waals surface area contributed by atoms with Gasteiger partial charge in [-0.25, -0.2) is 4.79 Å². The molecule has 2 atom stereocenters. The van der Waals surface area contributed by atoms with Gasteiger partial charge in [0, 0.05) is 30.7 Å². The van der Waals surface area contributed by atoms with Crippen LogP contribution in [-0.2, 0) is 4.79 Å². The zero-order valence-corrected chi connectivity index (χ0v) is 17.5. The lowest BCUT2D eigenvalue weighted by Gasteiger charge is -2.39. The van der Waals surface area contributed by atoms with Gasteiger partial charge >= 0.3 is 6.03 Å². The van der Waals surface area contributed by atoms with Crippen LogP contribution in [0.5, 0.6) is 0 Å². The number of piperidine rings is 1. The first kappa shape index (κ1) is 22.3. The molecule has 7 heteroatoms. The number of hydrogen-bond acceptors (Lipinski definition) is 3. The summed E-state index contributed by atoms with van der Waals surface area (Å²) in [6.45, 7) is 3.44. The van der Waals surface area contributed by atoms with E-state index in [1.165, 1.54) is 19.3 Å². The zero-order valence-electron chi connectivity index (χ0n) is 16.7. The number of hydrogen-bond donors (Lipinski definition) is 3. The van der Waals surface area contributed by atoms with Gasteiger partial charge in [0.2, 0.25) is 5.91 Å². The Morgan fingerprint density at radius 2 is 1.48 bits per heavy atom. The van der Waals surface area contributed by atoms with E-state index in [-0.39, 0.29) is 41.8 Å². The SMILES string of the molecule is CC1(N)CCCCC1C(=O)NC1CCN(C(=O)NC2CCCCC2)CC1.Cl. The van der Waals surface area contributed by atoms with Crippen LogP contribution >= 0.6 is 12.4 Å². The first-order chi connectivity index (χ1) is 12.5. The molecule has 6 nitrogen and oxygen atoms in total. The summed E-state index contributed by atoms with van der Waals surface area (Å²) in [5, 5.41) is 6.40. The number of carbonyl (C=O) groups excluding carboxylic acids is 2. The van der Waals surface area contributed by atoms with Crippen LogP contribution in [0.1, 0.15) is 77.6 Å². The fourth-order valence-corrected chi connectivity index (χ4v) is 4.83. The van der Waals surface area contributed by atoms with Crippen LogP contribution in [0.15, 0.2) is 0 Å². The topological polar surface area (TPSA) is 87.5 Å². The van der Waals surface area contributed by atoms with Crippen molar-refractivity contribution in [3.63, 3.8) is 0 Å². The lowest BCUT2D eigenvalue weighted by molar-refractivity contribution is -0.129. The van der Waals surface area contributed by atoms with Gasteiger partial charge in [-0.3, -0.25) is 4.79 Å². The largest absolute Gasteiger partial charge is 0.353 e. The van der Waals surface area contributed by atoms with E-state index in [1.54, 1.807) is 0 Å². The molecule has 2 saturated carbocycles. The molecular weight excluding hydrogens is 364 g/mol. The van der Waals surface area contributed by atoms with Crippen molar-refractivity contribution in [2.75, 3.05) is 13.1 Å². The number of nitrogens with one attached hydrogen (secondary N) is 2. The molecule has 156 valence electrons. The smallest absolute Gasteiger partial charge is 0.317 e. The molecule has 3 fully saturated rings. The maximum Gasteiger partial charge on any atom is 0.317 e. The van der Waals surface area contributed by atoms with Crippen LogP contribution in [0, 0.1) is 5.92 Å². The van der Waals surface area contributed by atoms with Crippen molar-refractivity contribution < 1.29 is 9.59 Å². The number of urea groups is 1. The van der Waals surface area contributed by atoms with Gasteiger partial charge in [-0.05, 0) is 45.4 Å². The minimum Gasteiger partial charge on any atom is -0.353 e. The Kier molecular flexibility index (Phi) is 8.22. The van der Waals surface area contributed by atoms with Crippen LogP contribution in [0.25, 0.3) is 0 Å². The lowest BCUT2D eigenvalue weighted by atomic mass is 9.74. The van der Waals surface area contributed by atoms with Gasteiger partial charge in [0.1, 0.15) is 0 Å². The Bertz CT molecular complexity index is 500. The molecule has 0 aromatic heterocycles. The second-order valence-electron chi connectivity index (χ2n) is 8.86. The summed E-state index contributed by atoms with van der Waals surface area (Å²) in [6, 6.07) is 0.588. The van der Waals surface area contributed by atoms with Gasteiger partial charge in [0.05, 0.1) is 5.92 Å².